The normalized spacial score (nSPS) is 12.8. The zero-order valence-electron chi connectivity index (χ0n) is 12.3. The topological polar surface area (TPSA) is 75.6 Å². The van der Waals surface area contributed by atoms with Crippen LogP contribution in [0.15, 0.2) is 24.3 Å². The molecule has 0 aliphatic carbocycles. The van der Waals surface area contributed by atoms with Crippen LogP contribution in [0, 0.1) is 5.41 Å². The molecule has 0 aliphatic rings. The van der Waals surface area contributed by atoms with Crippen molar-refractivity contribution in [2.45, 2.75) is 33.4 Å². The van der Waals surface area contributed by atoms with E-state index in [-0.39, 0.29) is 0 Å². The molecule has 0 aromatic heterocycles. The van der Waals surface area contributed by atoms with Crippen molar-refractivity contribution in [3.63, 3.8) is 0 Å². The first-order valence-corrected chi connectivity index (χ1v) is 6.38. The summed E-state index contributed by atoms with van der Waals surface area (Å²) in [4.78, 5) is 23.6. The average Bonchev–Trinajstić information content (AvgIpc) is 2.35. The number of ether oxygens (including phenoxy) is 1. The summed E-state index contributed by atoms with van der Waals surface area (Å²) >= 11 is 0. The number of carbonyl (C=O) groups excluding carboxylic acids is 1. The highest BCUT2D eigenvalue weighted by molar-refractivity contribution is 5.98. The number of aliphatic carboxylic acids is 1. The van der Waals surface area contributed by atoms with E-state index in [1.54, 1.807) is 46.1 Å². The molecule has 1 aromatic carbocycles. The molecule has 1 rings (SSSR count). The molecule has 0 radical (unpaired) electrons. The van der Waals surface area contributed by atoms with E-state index in [4.69, 9.17) is 4.74 Å². The molecular weight excluding hydrogens is 258 g/mol. The summed E-state index contributed by atoms with van der Waals surface area (Å²) < 4.78 is 5.04. The maximum Gasteiger partial charge on any atom is 0.326 e. The summed E-state index contributed by atoms with van der Waals surface area (Å²) in [7, 11) is 1.55. The zero-order valence-corrected chi connectivity index (χ0v) is 12.3. The van der Waals surface area contributed by atoms with Crippen molar-refractivity contribution in [3.05, 3.63) is 35.4 Å². The van der Waals surface area contributed by atoms with Crippen LogP contribution in [0.5, 0.6) is 0 Å². The molecule has 0 spiro atoms. The largest absolute Gasteiger partial charge is 0.480 e. The molecule has 20 heavy (non-hydrogen) atoms. The predicted octanol–water partition coefficient (Wildman–Crippen LogP) is 2.06. The lowest BCUT2D eigenvalue weighted by atomic mass is 9.86. The van der Waals surface area contributed by atoms with Crippen LogP contribution in [0.2, 0.25) is 0 Å². The first kappa shape index (κ1) is 16.2. The van der Waals surface area contributed by atoms with Crippen LogP contribution in [-0.2, 0) is 16.1 Å². The fourth-order valence-corrected chi connectivity index (χ4v) is 1.88. The molecule has 0 unspecified atom stereocenters. The molecule has 0 bridgehead atoms. The highest BCUT2D eigenvalue weighted by Crippen LogP contribution is 2.20. The van der Waals surface area contributed by atoms with Crippen LogP contribution in [0.1, 0.15) is 36.7 Å². The van der Waals surface area contributed by atoms with Gasteiger partial charge in [-0.3, -0.25) is 4.79 Å². The van der Waals surface area contributed by atoms with Crippen molar-refractivity contribution < 1.29 is 19.4 Å². The second kappa shape index (κ2) is 6.52. The van der Waals surface area contributed by atoms with Crippen molar-refractivity contribution in [1.82, 2.24) is 5.32 Å². The van der Waals surface area contributed by atoms with E-state index in [0.29, 0.717) is 12.2 Å². The lowest BCUT2D eigenvalue weighted by Gasteiger charge is -2.28. The third-order valence-electron chi connectivity index (χ3n) is 2.95. The maximum absolute atomic E-state index is 12.3. The summed E-state index contributed by atoms with van der Waals surface area (Å²) in [6.45, 7) is 5.62. The van der Waals surface area contributed by atoms with Crippen LogP contribution >= 0.6 is 0 Å². The number of carboxylic acids is 1. The molecule has 1 aromatic rings. The molecule has 1 amide bonds. The standard InChI is InChI=1S/C15H21NO4/c1-15(2,3)12(14(18)19)16-13(17)11-8-6-5-7-10(11)9-20-4/h5-8,12H,9H2,1-4H3,(H,16,17)(H,18,19)/t12-/m0/s1. The van der Waals surface area contributed by atoms with Crippen molar-refractivity contribution in [1.29, 1.82) is 0 Å². The Hall–Kier alpha value is -1.88. The first-order valence-electron chi connectivity index (χ1n) is 6.38. The highest BCUT2D eigenvalue weighted by Gasteiger charge is 2.33. The number of hydrogen-bond donors (Lipinski definition) is 2. The van der Waals surface area contributed by atoms with Gasteiger partial charge in [0.05, 0.1) is 6.61 Å². The van der Waals surface area contributed by atoms with Crippen LogP contribution in [-0.4, -0.2) is 30.1 Å². The Balaban J connectivity index is 2.98. The molecule has 0 aliphatic heterocycles. The van der Waals surface area contributed by atoms with Crippen molar-refractivity contribution in [3.8, 4) is 0 Å². The Kier molecular flexibility index (Phi) is 5.27. The SMILES string of the molecule is COCc1ccccc1C(=O)N[C@@H](C(=O)O)C(C)(C)C. The number of carboxylic acid groups (broad SMARTS) is 1. The molecular formula is C15H21NO4. The third-order valence-corrected chi connectivity index (χ3v) is 2.95. The van der Waals surface area contributed by atoms with Crippen molar-refractivity contribution in [2.24, 2.45) is 5.41 Å². The van der Waals surface area contributed by atoms with E-state index in [0.717, 1.165) is 5.56 Å². The molecule has 2 N–H and O–H groups in total. The highest BCUT2D eigenvalue weighted by atomic mass is 16.5. The second-order valence-electron chi connectivity index (χ2n) is 5.70. The number of carbonyl (C=O) groups is 2. The van der Waals surface area contributed by atoms with Gasteiger partial charge in [-0.05, 0) is 17.0 Å². The first-order chi connectivity index (χ1) is 9.27. The van der Waals surface area contributed by atoms with Gasteiger partial charge in [-0.25, -0.2) is 4.79 Å². The minimum absolute atomic E-state index is 0.302. The Morgan fingerprint density at radius 3 is 2.40 bits per heavy atom. The minimum atomic E-state index is -1.05. The minimum Gasteiger partial charge on any atom is -0.480 e. The molecule has 5 heteroatoms. The Morgan fingerprint density at radius 2 is 1.90 bits per heavy atom. The Bertz CT molecular complexity index is 491. The van der Waals surface area contributed by atoms with E-state index < -0.39 is 23.3 Å². The molecule has 5 nitrogen and oxygen atoms in total. The quantitative estimate of drug-likeness (QED) is 0.865. The summed E-state index contributed by atoms with van der Waals surface area (Å²) in [6.07, 6.45) is 0. The van der Waals surface area contributed by atoms with Gasteiger partial charge >= 0.3 is 5.97 Å². The van der Waals surface area contributed by atoms with E-state index >= 15 is 0 Å². The van der Waals surface area contributed by atoms with E-state index in [1.165, 1.54) is 0 Å². The zero-order chi connectivity index (χ0) is 15.3. The van der Waals surface area contributed by atoms with Crippen LogP contribution in [0.4, 0.5) is 0 Å². The van der Waals surface area contributed by atoms with E-state index in [1.807, 2.05) is 6.07 Å². The molecule has 0 heterocycles. The molecule has 0 fully saturated rings. The van der Waals surface area contributed by atoms with E-state index in [9.17, 15) is 14.7 Å². The summed E-state index contributed by atoms with van der Waals surface area (Å²) in [5, 5.41) is 11.8. The van der Waals surface area contributed by atoms with Gasteiger partial charge in [0.25, 0.3) is 5.91 Å². The van der Waals surface area contributed by atoms with Gasteiger partial charge in [-0.15, -0.1) is 0 Å². The number of amides is 1. The fourth-order valence-electron chi connectivity index (χ4n) is 1.88. The predicted molar refractivity (Wildman–Crippen MR) is 75.5 cm³/mol. The third kappa shape index (κ3) is 4.06. The fraction of sp³-hybridized carbons (Fsp3) is 0.467. The number of nitrogens with one attached hydrogen (secondary N) is 1. The monoisotopic (exact) mass is 279 g/mol. The molecule has 1 atom stereocenters. The number of benzene rings is 1. The van der Waals surface area contributed by atoms with Gasteiger partial charge in [0, 0.05) is 12.7 Å². The van der Waals surface area contributed by atoms with Crippen LogP contribution < -0.4 is 5.32 Å². The van der Waals surface area contributed by atoms with Crippen molar-refractivity contribution in [2.75, 3.05) is 7.11 Å². The van der Waals surface area contributed by atoms with Gasteiger partial charge in [-0.1, -0.05) is 39.0 Å². The van der Waals surface area contributed by atoms with Gasteiger partial charge in [0.1, 0.15) is 6.04 Å². The summed E-state index contributed by atoms with van der Waals surface area (Å²) in [5.41, 5.74) is 0.591. The molecule has 110 valence electrons. The maximum atomic E-state index is 12.3. The Morgan fingerprint density at radius 1 is 1.30 bits per heavy atom. The van der Waals surface area contributed by atoms with E-state index in [2.05, 4.69) is 5.32 Å². The Labute approximate surface area is 118 Å². The number of methoxy groups -OCH3 is 1. The van der Waals surface area contributed by atoms with Crippen molar-refractivity contribution >= 4 is 11.9 Å². The molecule has 0 saturated carbocycles. The van der Waals surface area contributed by atoms with Gasteiger partial charge in [0.2, 0.25) is 0 Å². The van der Waals surface area contributed by atoms with Gasteiger partial charge in [0.15, 0.2) is 0 Å². The number of rotatable bonds is 5. The number of hydrogen-bond acceptors (Lipinski definition) is 3. The lowest BCUT2D eigenvalue weighted by Crippen LogP contribution is -2.49. The molecule has 0 saturated heterocycles. The summed E-state index contributed by atoms with van der Waals surface area (Å²) in [5.74, 6) is -1.45. The smallest absolute Gasteiger partial charge is 0.326 e. The van der Waals surface area contributed by atoms with Gasteiger partial charge in [-0.2, -0.15) is 0 Å². The van der Waals surface area contributed by atoms with Crippen LogP contribution in [0.3, 0.4) is 0 Å². The summed E-state index contributed by atoms with van der Waals surface area (Å²) in [6, 6.07) is 6.03. The average molecular weight is 279 g/mol. The van der Waals surface area contributed by atoms with Crippen LogP contribution in [0.25, 0.3) is 0 Å². The second-order valence-corrected chi connectivity index (χ2v) is 5.70. The lowest BCUT2D eigenvalue weighted by molar-refractivity contribution is -0.142. The van der Waals surface area contributed by atoms with Gasteiger partial charge < -0.3 is 15.2 Å².